The molecule has 0 radical (unpaired) electrons. The Bertz CT molecular complexity index is 290. The van der Waals surface area contributed by atoms with Crippen molar-refractivity contribution in [2.75, 3.05) is 13.2 Å². The lowest BCUT2D eigenvalue weighted by molar-refractivity contribution is 0.0823. The van der Waals surface area contributed by atoms with Gasteiger partial charge in [-0.25, -0.2) is 0 Å². The van der Waals surface area contributed by atoms with Crippen molar-refractivity contribution in [1.29, 1.82) is 0 Å². The van der Waals surface area contributed by atoms with E-state index < -0.39 is 0 Å². The highest BCUT2D eigenvalue weighted by Crippen LogP contribution is 2.42. The van der Waals surface area contributed by atoms with Gasteiger partial charge >= 0.3 is 0 Å². The van der Waals surface area contributed by atoms with Gasteiger partial charge in [-0.3, -0.25) is 0 Å². The number of nitrogens with one attached hydrogen (secondary N) is 1. The van der Waals surface area contributed by atoms with Gasteiger partial charge in [0.2, 0.25) is 0 Å². The highest BCUT2D eigenvalue weighted by molar-refractivity contribution is 5.12. The largest absolute Gasteiger partial charge is 0.496 e. The van der Waals surface area contributed by atoms with Gasteiger partial charge in [-0.2, -0.15) is 0 Å². The van der Waals surface area contributed by atoms with E-state index in [0.29, 0.717) is 24.2 Å². The summed E-state index contributed by atoms with van der Waals surface area (Å²) in [7, 11) is 0. The third-order valence-corrected chi connectivity index (χ3v) is 4.04. The summed E-state index contributed by atoms with van der Waals surface area (Å²) in [6.07, 6.45) is 8.03. The van der Waals surface area contributed by atoms with Gasteiger partial charge in [0.15, 0.2) is 0 Å². The van der Waals surface area contributed by atoms with Crippen LogP contribution in [0, 0.1) is 5.92 Å². The van der Waals surface area contributed by atoms with E-state index >= 15 is 0 Å². The van der Waals surface area contributed by atoms with E-state index in [1.807, 2.05) is 0 Å². The maximum Gasteiger partial charge on any atom is 0.109 e. The lowest BCUT2D eigenvalue weighted by Gasteiger charge is -2.29. The van der Waals surface area contributed by atoms with Crippen LogP contribution in [0.5, 0.6) is 0 Å². The van der Waals surface area contributed by atoms with Crippen molar-refractivity contribution in [2.45, 2.75) is 50.9 Å². The third kappa shape index (κ3) is 1.76. The third-order valence-electron chi connectivity index (χ3n) is 4.04. The predicted octanol–water partition coefficient (Wildman–Crippen LogP) is 1.84. The first-order valence-corrected chi connectivity index (χ1v) is 6.60. The van der Waals surface area contributed by atoms with Crippen LogP contribution >= 0.6 is 0 Å². The van der Waals surface area contributed by atoms with E-state index in [-0.39, 0.29) is 0 Å². The minimum atomic E-state index is 0.391. The summed E-state index contributed by atoms with van der Waals surface area (Å²) in [5.41, 5.74) is 0. The molecule has 3 heteroatoms. The van der Waals surface area contributed by atoms with Gasteiger partial charge in [-0.1, -0.05) is 6.92 Å². The Labute approximate surface area is 97.2 Å². The molecule has 0 aliphatic carbocycles. The van der Waals surface area contributed by atoms with Crippen LogP contribution in [-0.4, -0.2) is 31.4 Å². The fourth-order valence-electron chi connectivity index (χ4n) is 3.36. The van der Waals surface area contributed by atoms with Crippen LogP contribution in [0.2, 0.25) is 0 Å². The van der Waals surface area contributed by atoms with Crippen LogP contribution < -0.4 is 5.32 Å². The molecule has 1 N–H and O–H groups in total. The average Bonchev–Trinajstić information content (AvgIpc) is 3.01. The lowest BCUT2D eigenvalue weighted by atomic mass is 9.83. The molecule has 3 aliphatic heterocycles. The van der Waals surface area contributed by atoms with E-state index in [0.717, 1.165) is 19.6 Å². The Hall–Kier alpha value is -0.540. The van der Waals surface area contributed by atoms with Crippen LogP contribution in [0.15, 0.2) is 11.8 Å². The summed E-state index contributed by atoms with van der Waals surface area (Å²) in [5.74, 6) is 1.80. The fraction of sp³-hybridized carbons (Fsp3) is 0.846. The van der Waals surface area contributed by atoms with E-state index in [2.05, 4.69) is 18.3 Å². The van der Waals surface area contributed by atoms with Crippen LogP contribution in [0.4, 0.5) is 0 Å². The van der Waals surface area contributed by atoms with Crippen molar-refractivity contribution in [3.8, 4) is 0 Å². The summed E-state index contributed by atoms with van der Waals surface area (Å²) >= 11 is 0. The predicted molar refractivity (Wildman–Crippen MR) is 62.1 cm³/mol. The van der Waals surface area contributed by atoms with E-state index in [1.54, 1.807) is 0 Å². The van der Waals surface area contributed by atoms with Crippen LogP contribution in [0.1, 0.15) is 32.6 Å². The van der Waals surface area contributed by atoms with Gasteiger partial charge in [0, 0.05) is 12.3 Å². The fourth-order valence-corrected chi connectivity index (χ4v) is 3.36. The summed E-state index contributed by atoms with van der Waals surface area (Å²) in [4.78, 5) is 0. The topological polar surface area (TPSA) is 30.5 Å². The molecule has 2 saturated heterocycles. The second-order valence-electron chi connectivity index (χ2n) is 5.05. The molecule has 0 spiro atoms. The first-order valence-electron chi connectivity index (χ1n) is 6.60. The smallest absolute Gasteiger partial charge is 0.109 e. The molecule has 3 nitrogen and oxygen atoms in total. The molecule has 0 amide bonds. The molecule has 0 aromatic rings. The number of rotatable bonds is 4. The zero-order valence-corrected chi connectivity index (χ0v) is 9.95. The van der Waals surface area contributed by atoms with Crippen molar-refractivity contribution in [2.24, 2.45) is 5.92 Å². The summed E-state index contributed by atoms with van der Waals surface area (Å²) < 4.78 is 11.7. The van der Waals surface area contributed by atoms with Crippen molar-refractivity contribution >= 4 is 0 Å². The quantitative estimate of drug-likeness (QED) is 0.789. The molecule has 3 heterocycles. The highest BCUT2D eigenvalue weighted by Gasteiger charge is 2.45. The molecular formula is C13H21NO2. The SMILES string of the molecule is CCNC(C1=CCCO1)C1CC2CCC1O2. The summed E-state index contributed by atoms with van der Waals surface area (Å²) in [6, 6.07) is 0.391. The highest BCUT2D eigenvalue weighted by atomic mass is 16.5. The molecule has 0 saturated carbocycles. The van der Waals surface area contributed by atoms with Gasteiger partial charge in [-0.05, 0) is 31.9 Å². The van der Waals surface area contributed by atoms with Gasteiger partial charge in [0.05, 0.1) is 24.9 Å². The minimum absolute atomic E-state index is 0.391. The molecule has 4 unspecified atom stereocenters. The number of likely N-dealkylation sites (N-methyl/N-ethyl adjacent to an activating group) is 1. The Morgan fingerprint density at radius 3 is 3.00 bits per heavy atom. The monoisotopic (exact) mass is 223 g/mol. The summed E-state index contributed by atoms with van der Waals surface area (Å²) in [6.45, 7) is 4.02. The van der Waals surface area contributed by atoms with Crippen molar-refractivity contribution in [1.82, 2.24) is 5.32 Å². The second kappa shape index (κ2) is 4.38. The Kier molecular flexibility index (Phi) is 2.90. The van der Waals surface area contributed by atoms with Gasteiger partial charge in [0.25, 0.3) is 0 Å². The molecule has 3 aliphatic rings. The normalized spacial score (nSPS) is 38.6. The number of fused-ring (bicyclic) bond motifs is 2. The maximum atomic E-state index is 5.95. The average molecular weight is 223 g/mol. The van der Waals surface area contributed by atoms with E-state index in [4.69, 9.17) is 9.47 Å². The molecular weight excluding hydrogens is 202 g/mol. The minimum Gasteiger partial charge on any atom is -0.496 e. The molecule has 4 atom stereocenters. The number of hydrogen-bond acceptors (Lipinski definition) is 3. The first kappa shape index (κ1) is 10.6. The molecule has 16 heavy (non-hydrogen) atoms. The summed E-state index contributed by atoms with van der Waals surface area (Å²) in [5, 5.41) is 3.58. The number of ether oxygens (including phenoxy) is 2. The Morgan fingerprint density at radius 1 is 1.50 bits per heavy atom. The van der Waals surface area contributed by atoms with Crippen molar-refractivity contribution in [3.63, 3.8) is 0 Å². The van der Waals surface area contributed by atoms with Crippen molar-refractivity contribution in [3.05, 3.63) is 11.8 Å². The maximum absolute atomic E-state index is 5.95. The Morgan fingerprint density at radius 2 is 2.44 bits per heavy atom. The second-order valence-corrected chi connectivity index (χ2v) is 5.05. The van der Waals surface area contributed by atoms with Gasteiger partial charge in [0.1, 0.15) is 5.76 Å². The zero-order valence-electron chi connectivity index (χ0n) is 9.95. The van der Waals surface area contributed by atoms with Gasteiger partial charge < -0.3 is 14.8 Å². The molecule has 0 aromatic heterocycles. The van der Waals surface area contributed by atoms with E-state index in [9.17, 15) is 0 Å². The van der Waals surface area contributed by atoms with Crippen LogP contribution in [0.25, 0.3) is 0 Å². The zero-order chi connectivity index (χ0) is 11.0. The molecule has 0 aromatic carbocycles. The molecule has 2 fully saturated rings. The Balaban J connectivity index is 1.72. The lowest BCUT2D eigenvalue weighted by Crippen LogP contribution is -2.42. The van der Waals surface area contributed by atoms with Gasteiger partial charge in [-0.15, -0.1) is 0 Å². The standard InChI is InChI=1S/C13H21NO2/c1-2-14-13(12-4-3-7-15-12)10-8-9-5-6-11(10)16-9/h4,9-11,13-14H,2-3,5-8H2,1H3. The van der Waals surface area contributed by atoms with Crippen LogP contribution in [-0.2, 0) is 9.47 Å². The number of hydrogen-bond donors (Lipinski definition) is 1. The molecule has 3 rings (SSSR count). The van der Waals surface area contributed by atoms with Crippen molar-refractivity contribution < 1.29 is 9.47 Å². The first-order chi connectivity index (χ1) is 7.88. The molecule has 90 valence electrons. The van der Waals surface area contributed by atoms with Crippen LogP contribution in [0.3, 0.4) is 0 Å². The van der Waals surface area contributed by atoms with E-state index in [1.165, 1.54) is 25.0 Å². The molecule has 2 bridgehead atoms.